The maximum atomic E-state index is 8.96. The molecule has 0 bridgehead atoms. The fourth-order valence-electron chi connectivity index (χ4n) is 2.75. The van der Waals surface area contributed by atoms with E-state index in [1.807, 2.05) is 12.1 Å². The van der Waals surface area contributed by atoms with Crippen molar-refractivity contribution in [2.75, 3.05) is 0 Å². The first kappa shape index (κ1) is 12.4. The van der Waals surface area contributed by atoms with Gasteiger partial charge in [-0.3, -0.25) is 0 Å². The van der Waals surface area contributed by atoms with Gasteiger partial charge in [-0.15, -0.1) is 0 Å². The Morgan fingerprint density at radius 2 is 1.75 bits per heavy atom. The highest BCUT2D eigenvalue weighted by Gasteiger charge is 2.11. The zero-order valence-electron chi connectivity index (χ0n) is 11.8. The molecule has 3 nitrogen and oxygen atoms in total. The normalized spacial score (nSPS) is 10.7. The van der Waals surface area contributed by atoms with Crippen LogP contribution in [-0.4, -0.2) is 9.97 Å². The summed E-state index contributed by atoms with van der Waals surface area (Å²) in [6.45, 7) is 6.30. The summed E-state index contributed by atoms with van der Waals surface area (Å²) in [6, 6.07) is 12.0. The van der Waals surface area contributed by atoms with Gasteiger partial charge >= 0.3 is 0 Å². The Morgan fingerprint density at radius 1 is 1.05 bits per heavy atom. The molecule has 0 spiro atoms. The quantitative estimate of drug-likeness (QED) is 0.719. The number of hydrogen-bond acceptors (Lipinski definition) is 2. The first-order valence-electron chi connectivity index (χ1n) is 6.56. The van der Waals surface area contributed by atoms with Gasteiger partial charge in [0.1, 0.15) is 5.82 Å². The predicted molar refractivity (Wildman–Crippen MR) is 80.5 cm³/mol. The molecule has 0 saturated carbocycles. The van der Waals surface area contributed by atoms with E-state index in [9.17, 15) is 0 Å². The van der Waals surface area contributed by atoms with E-state index >= 15 is 0 Å². The Kier molecular flexibility index (Phi) is 2.80. The van der Waals surface area contributed by atoms with Gasteiger partial charge in [0.15, 0.2) is 0 Å². The highest BCUT2D eigenvalue weighted by molar-refractivity contribution is 5.82. The second-order valence-electron chi connectivity index (χ2n) is 5.20. The Hall–Kier alpha value is -2.60. The summed E-state index contributed by atoms with van der Waals surface area (Å²) in [6.07, 6.45) is 0. The van der Waals surface area contributed by atoms with E-state index in [-0.39, 0.29) is 0 Å². The van der Waals surface area contributed by atoms with Crippen molar-refractivity contribution in [1.29, 1.82) is 5.26 Å². The lowest BCUT2D eigenvalue weighted by molar-refractivity contribution is 1.25. The van der Waals surface area contributed by atoms with Crippen molar-refractivity contribution in [3.8, 4) is 17.5 Å². The molecule has 1 heterocycles. The van der Waals surface area contributed by atoms with Gasteiger partial charge < -0.3 is 4.98 Å². The highest BCUT2D eigenvalue weighted by Crippen LogP contribution is 2.28. The minimum atomic E-state index is 0.644. The number of aromatic amines is 1. The van der Waals surface area contributed by atoms with Crippen LogP contribution in [0.1, 0.15) is 22.3 Å². The third-order valence-electron chi connectivity index (χ3n) is 3.52. The lowest BCUT2D eigenvalue weighted by Crippen LogP contribution is -1.91. The molecule has 0 fully saturated rings. The standard InChI is InChI=1S/C17H15N3/c1-10-6-11(2)16(12(3)7-10)17-19-14-5-4-13(9-18)8-15(14)20-17/h4-8H,1-3H3,(H,19,20). The van der Waals surface area contributed by atoms with E-state index < -0.39 is 0 Å². The van der Waals surface area contributed by atoms with Crippen LogP contribution >= 0.6 is 0 Å². The molecule has 0 atom stereocenters. The van der Waals surface area contributed by atoms with Crippen molar-refractivity contribution >= 4 is 11.0 Å². The third-order valence-corrected chi connectivity index (χ3v) is 3.52. The van der Waals surface area contributed by atoms with Gasteiger partial charge in [0.2, 0.25) is 0 Å². The molecule has 0 saturated heterocycles. The lowest BCUT2D eigenvalue weighted by Gasteiger charge is -2.08. The zero-order valence-corrected chi connectivity index (χ0v) is 11.8. The largest absolute Gasteiger partial charge is 0.338 e. The fraction of sp³-hybridized carbons (Fsp3) is 0.176. The molecule has 0 unspecified atom stereocenters. The maximum Gasteiger partial charge on any atom is 0.139 e. The van der Waals surface area contributed by atoms with E-state index in [1.54, 1.807) is 6.07 Å². The predicted octanol–water partition coefficient (Wildman–Crippen LogP) is 4.03. The number of fused-ring (bicyclic) bond motifs is 1. The van der Waals surface area contributed by atoms with E-state index in [0.29, 0.717) is 5.56 Å². The number of aromatic nitrogens is 2. The Morgan fingerprint density at radius 3 is 2.40 bits per heavy atom. The second-order valence-corrected chi connectivity index (χ2v) is 5.20. The molecule has 3 aromatic rings. The fourth-order valence-corrected chi connectivity index (χ4v) is 2.75. The molecule has 0 aliphatic heterocycles. The number of nitrogens with one attached hydrogen (secondary N) is 1. The molecule has 0 aliphatic rings. The molecule has 98 valence electrons. The maximum absolute atomic E-state index is 8.96. The van der Waals surface area contributed by atoms with Crippen molar-refractivity contribution in [3.63, 3.8) is 0 Å². The average Bonchev–Trinajstić information content (AvgIpc) is 2.79. The van der Waals surface area contributed by atoms with Gasteiger partial charge in [0.25, 0.3) is 0 Å². The second kappa shape index (κ2) is 4.50. The van der Waals surface area contributed by atoms with E-state index in [4.69, 9.17) is 5.26 Å². The molecular weight excluding hydrogens is 246 g/mol. The molecule has 0 radical (unpaired) electrons. The van der Waals surface area contributed by atoms with Crippen molar-refractivity contribution in [2.24, 2.45) is 0 Å². The van der Waals surface area contributed by atoms with Gasteiger partial charge in [-0.25, -0.2) is 4.98 Å². The molecule has 0 aliphatic carbocycles. The summed E-state index contributed by atoms with van der Waals surface area (Å²) in [4.78, 5) is 7.97. The van der Waals surface area contributed by atoms with Crippen molar-refractivity contribution in [1.82, 2.24) is 9.97 Å². The van der Waals surface area contributed by atoms with E-state index in [1.165, 1.54) is 16.7 Å². The topological polar surface area (TPSA) is 52.5 Å². The summed E-state index contributed by atoms with van der Waals surface area (Å²) < 4.78 is 0. The highest BCUT2D eigenvalue weighted by atomic mass is 14.9. The number of benzene rings is 2. The molecule has 1 N–H and O–H groups in total. The van der Waals surface area contributed by atoms with Gasteiger partial charge in [-0.1, -0.05) is 17.7 Å². The van der Waals surface area contributed by atoms with Gasteiger partial charge in [-0.05, 0) is 50.1 Å². The van der Waals surface area contributed by atoms with Crippen molar-refractivity contribution in [2.45, 2.75) is 20.8 Å². The summed E-state index contributed by atoms with van der Waals surface area (Å²) in [5.74, 6) is 0.866. The molecule has 20 heavy (non-hydrogen) atoms. The Bertz CT molecular complexity index is 827. The van der Waals surface area contributed by atoms with Gasteiger partial charge in [0, 0.05) is 5.56 Å². The van der Waals surface area contributed by atoms with E-state index in [0.717, 1.165) is 22.4 Å². The number of imidazole rings is 1. The Labute approximate surface area is 117 Å². The SMILES string of the molecule is Cc1cc(C)c(-c2nc3ccc(C#N)cc3[nH]2)c(C)c1. The average molecular weight is 261 g/mol. The van der Waals surface area contributed by atoms with Crippen LogP contribution in [0.4, 0.5) is 0 Å². The van der Waals surface area contributed by atoms with Crippen LogP contribution in [0.25, 0.3) is 22.4 Å². The number of nitriles is 1. The lowest BCUT2D eigenvalue weighted by atomic mass is 9.99. The summed E-state index contributed by atoms with van der Waals surface area (Å²) in [5.41, 5.74) is 7.25. The first-order chi connectivity index (χ1) is 9.58. The van der Waals surface area contributed by atoms with Crippen LogP contribution in [-0.2, 0) is 0 Å². The zero-order chi connectivity index (χ0) is 14.3. The summed E-state index contributed by atoms with van der Waals surface area (Å²) >= 11 is 0. The Balaban J connectivity index is 2.23. The molecule has 3 heteroatoms. The first-order valence-corrected chi connectivity index (χ1v) is 6.56. The number of rotatable bonds is 1. The van der Waals surface area contributed by atoms with Crippen molar-refractivity contribution in [3.05, 3.63) is 52.6 Å². The van der Waals surface area contributed by atoms with Gasteiger partial charge in [-0.2, -0.15) is 5.26 Å². The van der Waals surface area contributed by atoms with Crippen LogP contribution in [0.2, 0.25) is 0 Å². The van der Waals surface area contributed by atoms with Crippen LogP contribution in [0, 0.1) is 32.1 Å². The molecule has 3 rings (SSSR count). The van der Waals surface area contributed by atoms with E-state index in [2.05, 4.69) is 48.9 Å². The van der Waals surface area contributed by atoms with Crippen LogP contribution in [0.5, 0.6) is 0 Å². The third kappa shape index (κ3) is 1.96. The number of aryl methyl sites for hydroxylation is 3. The molecule has 0 amide bonds. The van der Waals surface area contributed by atoms with Crippen molar-refractivity contribution < 1.29 is 0 Å². The molecular formula is C17H15N3. The number of H-pyrrole nitrogens is 1. The monoisotopic (exact) mass is 261 g/mol. The van der Waals surface area contributed by atoms with Crippen LogP contribution < -0.4 is 0 Å². The summed E-state index contributed by atoms with van der Waals surface area (Å²) in [7, 11) is 0. The summed E-state index contributed by atoms with van der Waals surface area (Å²) in [5, 5.41) is 8.96. The number of hydrogen-bond donors (Lipinski definition) is 1. The number of nitrogens with zero attached hydrogens (tertiary/aromatic N) is 2. The minimum absolute atomic E-state index is 0.644. The van der Waals surface area contributed by atoms with Crippen LogP contribution in [0.15, 0.2) is 30.3 Å². The van der Waals surface area contributed by atoms with Gasteiger partial charge in [0.05, 0.1) is 22.7 Å². The molecule has 1 aromatic heterocycles. The smallest absolute Gasteiger partial charge is 0.139 e. The van der Waals surface area contributed by atoms with Crippen LogP contribution in [0.3, 0.4) is 0 Å². The molecule has 2 aromatic carbocycles. The minimum Gasteiger partial charge on any atom is -0.338 e.